The Labute approximate surface area is 131 Å². The van der Waals surface area contributed by atoms with E-state index in [4.69, 9.17) is 11.6 Å². The van der Waals surface area contributed by atoms with Crippen LogP contribution in [0.1, 0.15) is 37.7 Å². The van der Waals surface area contributed by atoms with Crippen molar-refractivity contribution >= 4 is 22.5 Å². The van der Waals surface area contributed by atoms with Crippen LogP contribution in [-0.4, -0.2) is 17.4 Å². The third-order valence-corrected chi connectivity index (χ3v) is 5.32. The molecular weight excluding hydrogens is 280 g/mol. The third kappa shape index (κ3) is 3.38. The number of nitrogens with one attached hydrogen (secondary N) is 1. The van der Waals surface area contributed by atoms with Crippen LogP contribution in [0, 0.1) is 5.41 Å². The van der Waals surface area contributed by atoms with Gasteiger partial charge in [0.15, 0.2) is 0 Å². The fourth-order valence-corrected chi connectivity index (χ4v) is 3.79. The van der Waals surface area contributed by atoms with Crippen molar-refractivity contribution in [1.82, 2.24) is 10.3 Å². The Morgan fingerprint density at radius 3 is 2.71 bits per heavy atom. The van der Waals surface area contributed by atoms with Gasteiger partial charge in [0.05, 0.1) is 5.52 Å². The van der Waals surface area contributed by atoms with Gasteiger partial charge in [-0.25, -0.2) is 0 Å². The maximum Gasteiger partial charge on any atom is 0.0705 e. The number of para-hydroxylation sites is 1. The van der Waals surface area contributed by atoms with Crippen molar-refractivity contribution in [3.8, 4) is 0 Å². The molecule has 1 N–H and O–H groups in total. The predicted octanol–water partition coefficient (Wildman–Crippen LogP) is 4.51. The summed E-state index contributed by atoms with van der Waals surface area (Å²) in [5, 5.41) is 4.89. The molecule has 21 heavy (non-hydrogen) atoms. The molecule has 0 radical (unpaired) electrons. The third-order valence-electron chi connectivity index (χ3n) is 4.75. The normalized spacial score (nSPS) is 18.0. The molecule has 3 heteroatoms. The Morgan fingerprint density at radius 1 is 1.10 bits per heavy atom. The van der Waals surface area contributed by atoms with Crippen LogP contribution in [-0.2, 0) is 6.54 Å². The molecule has 2 nitrogen and oxygen atoms in total. The van der Waals surface area contributed by atoms with Crippen molar-refractivity contribution in [2.24, 2.45) is 5.41 Å². The second-order valence-corrected chi connectivity index (χ2v) is 6.55. The molecular formula is C18H23ClN2. The number of pyridine rings is 1. The summed E-state index contributed by atoms with van der Waals surface area (Å²) < 4.78 is 0. The highest BCUT2D eigenvalue weighted by Crippen LogP contribution is 2.36. The lowest BCUT2D eigenvalue weighted by Crippen LogP contribution is -2.37. The van der Waals surface area contributed by atoms with Gasteiger partial charge in [-0.15, -0.1) is 11.6 Å². The monoisotopic (exact) mass is 302 g/mol. The summed E-state index contributed by atoms with van der Waals surface area (Å²) in [5.74, 6) is 0.775. The van der Waals surface area contributed by atoms with Crippen molar-refractivity contribution in [2.45, 2.75) is 38.6 Å². The molecule has 0 spiro atoms. The van der Waals surface area contributed by atoms with Gasteiger partial charge in [-0.1, -0.05) is 37.5 Å². The summed E-state index contributed by atoms with van der Waals surface area (Å²) >= 11 is 6.26. The number of alkyl halides is 1. The molecule has 0 unspecified atom stereocenters. The van der Waals surface area contributed by atoms with E-state index in [9.17, 15) is 0 Å². The van der Waals surface area contributed by atoms with E-state index in [1.54, 1.807) is 0 Å². The Bertz CT molecular complexity index is 585. The van der Waals surface area contributed by atoms with Crippen LogP contribution in [0.25, 0.3) is 10.9 Å². The molecule has 1 aliphatic rings. The molecule has 0 atom stereocenters. The standard InChI is InChI=1S/C18H23ClN2/c19-13-18(9-4-1-5-10-18)14-20-12-15-8-11-21-17-7-3-2-6-16(15)17/h2-3,6-8,11,20H,1,4-5,9-10,12-14H2. The lowest BCUT2D eigenvalue weighted by Gasteiger charge is -2.35. The topological polar surface area (TPSA) is 24.9 Å². The van der Waals surface area contributed by atoms with E-state index in [1.807, 2.05) is 12.3 Å². The first-order valence-corrected chi connectivity index (χ1v) is 8.46. The fraction of sp³-hybridized carbons (Fsp3) is 0.500. The number of aromatic nitrogens is 1. The van der Waals surface area contributed by atoms with Gasteiger partial charge >= 0.3 is 0 Å². The number of hydrogen-bond donors (Lipinski definition) is 1. The Morgan fingerprint density at radius 2 is 1.90 bits per heavy atom. The molecule has 112 valence electrons. The smallest absolute Gasteiger partial charge is 0.0705 e. The first kappa shape index (κ1) is 14.8. The minimum absolute atomic E-state index is 0.308. The summed E-state index contributed by atoms with van der Waals surface area (Å²) in [4.78, 5) is 4.42. The second kappa shape index (κ2) is 6.76. The Balaban J connectivity index is 1.66. The lowest BCUT2D eigenvalue weighted by atomic mass is 9.75. The highest BCUT2D eigenvalue weighted by Gasteiger charge is 2.30. The van der Waals surface area contributed by atoms with E-state index < -0.39 is 0 Å². The summed E-state index contributed by atoms with van der Waals surface area (Å²) in [5.41, 5.74) is 2.70. The van der Waals surface area contributed by atoms with Gasteiger partial charge in [0.1, 0.15) is 0 Å². The molecule has 0 amide bonds. The molecule has 0 aliphatic heterocycles. The molecule has 2 aromatic rings. The number of fused-ring (bicyclic) bond motifs is 1. The molecule has 1 aromatic carbocycles. The van der Waals surface area contributed by atoms with Crippen molar-refractivity contribution in [3.05, 3.63) is 42.1 Å². The van der Waals surface area contributed by atoms with E-state index in [0.29, 0.717) is 5.41 Å². The molecule has 1 aromatic heterocycles. The Hall–Kier alpha value is -1.12. The van der Waals surface area contributed by atoms with Gasteiger partial charge in [-0.2, -0.15) is 0 Å². The quantitative estimate of drug-likeness (QED) is 0.822. The first-order valence-electron chi connectivity index (χ1n) is 7.92. The molecule has 1 aliphatic carbocycles. The van der Waals surface area contributed by atoms with Gasteiger partial charge in [-0.05, 0) is 36.0 Å². The van der Waals surface area contributed by atoms with Gasteiger partial charge in [0.25, 0.3) is 0 Å². The number of nitrogens with zero attached hydrogens (tertiary/aromatic N) is 1. The van der Waals surface area contributed by atoms with Crippen LogP contribution in [0.2, 0.25) is 0 Å². The molecule has 0 saturated heterocycles. The van der Waals surface area contributed by atoms with E-state index in [1.165, 1.54) is 43.1 Å². The van der Waals surface area contributed by atoms with Crippen LogP contribution >= 0.6 is 11.6 Å². The summed E-state index contributed by atoms with van der Waals surface area (Å²) in [7, 11) is 0. The first-order chi connectivity index (χ1) is 10.3. The predicted molar refractivity (Wildman–Crippen MR) is 89.7 cm³/mol. The number of benzene rings is 1. The minimum atomic E-state index is 0.308. The van der Waals surface area contributed by atoms with Gasteiger partial charge in [-0.3, -0.25) is 4.98 Å². The average Bonchev–Trinajstić information content (AvgIpc) is 2.56. The van der Waals surface area contributed by atoms with Crippen molar-refractivity contribution in [2.75, 3.05) is 12.4 Å². The van der Waals surface area contributed by atoms with Gasteiger partial charge in [0, 0.05) is 30.6 Å². The van der Waals surface area contributed by atoms with Crippen LogP contribution in [0.3, 0.4) is 0 Å². The van der Waals surface area contributed by atoms with Gasteiger partial charge < -0.3 is 5.32 Å². The van der Waals surface area contributed by atoms with E-state index >= 15 is 0 Å². The van der Waals surface area contributed by atoms with Crippen LogP contribution < -0.4 is 5.32 Å². The molecule has 1 fully saturated rings. The molecule has 1 saturated carbocycles. The maximum absolute atomic E-state index is 6.26. The molecule has 3 rings (SSSR count). The van der Waals surface area contributed by atoms with E-state index in [-0.39, 0.29) is 0 Å². The number of rotatable bonds is 5. The second-order valence-electron chi connectivity index (χ2n) is 6.29. The van der Waals surface area contributed by atoms with Crippen LogP contribution in [0.4, 0.5) is 0 Å². The highest BCUT2D eigenvalue weighted by molar-refractivity contribution is 6.18. The van der Waals surface area contributed by atoms with Crippen molar-refractivity contribution in [1.29, 1.82) is 0 Å². The molecule has 1 heterocycles. The number of hydrogen-bond acceptors (Lipinski definition) is 2. The summed E-state index contributed by atoms with van der Waals surface area (Å²) in [6.45, 7) is 1.91. The van der Waals surface area contributed by atoms with E-state index in [2.05, 4.69) is 34.6 Å². The zero-order valence-electron chi connectivity index (χ0n) is 12.4. The largest absolute Gasteiger partial charge is 0.312 e. The maximum atomic E-state index is 6.26. The Kier molecular flexibility index (Phi) is 4.77. The zero-order chi connectivity index (χ0) is 14.5. The SMILES string of the molecule is ClCC1(CNCc2ccnc3ccccc23)CCCCC1. The van der Waals surface area contributed by atoms with Crippen LogP contribution in [0.15, 0.2) is 36.5 Å². The van der Waals surface area contributed by atoms with Gasteiger partial charge in [0.2, 0.25) is 0 Å². The summed E-state index contributed by atoms with van der Waals surface area (Å²) in [6.07, 6.45) is 8.45. The highest BCUT2D eigenvalue weighted by atomic mass is 35.5. The lowest BCUT2D eigenvalue weighted by molar-refractivity contribution is 0.212. The van der Waals surface area contributed by atoms with Crippen molar-refractivity contribution in [3.63, 3.8) is 0 Å². The zero-order valence-corrected chi connectivity index (χ0v) is 13.2. The fourth-order valence-electron chi connectivity index (χ4n) is 3.43. The number of halogens is 1. The average molecular weight is 303 g/mol. The van der Waals surface area contributed by atoms with Crippen molar-refractivity contribution < 1.29 is 0 Å². The van der Waals surface area contributed by atoms with E-state index in [0.717, 1.165) is 24.5 Å². The van der Waals surface area contributed by atoms with Crippen LogP contribution in [0.5, 0.6) is 0 Å². The molecule has 0 bridgehead atoms. The summed E-state index contributed by atoms with van der Waals surface area (Å²) in [6, 6.07) is 10.5. The minimum Gasteiger partial charge on any atom is -0.312 e.